The summed E-state index contributed by atoms with van der Waals surface area (Å²) >= 11 is 0. The number of rotatable bonds is 9. The molecule has 6 nitrogen and oxygen atoms in total. The second-order valence-electron chi connectivity index (χ2n) is 4.85. The molecule has 0 spiro atoms. The lowest BCUT2D eigenvalue weighted by atomic mass is 10.1. The molecule has 0 aliphatic rings. The number of aryl methyl sites for hydroxylation is 1. The highest BCUT2D eigenvalue weighted by atomic mass is 16.5. The molecule has 118 valence electrons. The lowest BCUT2D eigenvalue weighted by Crippen LogP contribution is -2.37. The molecule has 0 saturated carbocycles. The molecular weight excluding hydrogens is 270 g/mol. The Hall–Kier alpha value is -1.63. The van der Waals surface area contributed by atoms with Crippen LogP contribution in [0.15, 0.2) is 18.2 Å². The summed E-state index contributed by atoms with van der Waals surface area (Å²) < 4.78 is 10.1. The molecule has 0 radical (unpaired) electrons. The number of nitrogens with zero attached hydrogens (tertiary/aromatic N) is 1. The summed E-state index contributed by atoms with van der Waals surface area (Å²) in [7, 11) is 3.28. The van der Waals surface area contributed by atoms with Gasteiger partial charge in [0, 0.05) is 27.3 Å². The van der Waals surface area contributed by atoms with Gasteiger partial charge in [-0.1, -0.05) is 12.1 Å². The van der Waals surface area contributed by atoms with Crippen LogP contribution in [0.1, 0.15) is 5.56 Å². The smallest absolute Gasteiger partial charge is 0.238 e. The van der Waals surface area contributed by atoms with Crippen molar-refractivity contribution in [2.45, 2.75) is 6.92 Å². The van der Waals surface area contributed by atoms with Crippen molar-refractivity contribution in [2.24, 2.45) is 0 Å². The van der Waals surface area contributed by atoms with Crippen LogP contribution in [-0.4, -0.2) is 57.9 Å². The van der Waals surface area contributed by atoms with Gasteiger partial charge in [0.05, 0.1) is 31.1 Å². The molecule has 0 unspecified atom stereocenters. The number of methoxy groups -OCH3 is 2. The molecule has 0 fully saturated rings. The highest BCUT2D eigenvalue weighted by Crippen LogP contribution is 2.22. The summed E-state index contributed by atoms with van der Waals surface area (Å²) in [4.78, 5) is 14.1. The van der Waals surface area contributed by atoms with Gasteiger partial charge in [0.25, 0.3) is 0 Å². The molecule has 0 saturated heterocycles. The van der Waals surface area contributed by atoms with Gasteiger partial charge in [-0.25, -0.2) is 0 Å². The zero-order valence-corrected chi connectivity index (χ0v) is 13.0. The fourth-order valence-electron chi connectivity index (χ4n) is 1.95. The SMILES string of the molecule is COCCN(CCOC)CC(=O)Nc1c(C)cccc1N. The Bertz CT molecular complexity index is 424. The summed E-state index contributed by atoms with van der Waals surface area (Å²) in [5, 5.41) is 2.87. The van der Waals surface area contributed by atoms with Crippen LogP contribution in [0.3, 0.4) is 0 Å². The molecule has 0 atom stereocenters. The average molecular weight is 295 g/mol. The van der Waals surface area contributed by atoms with Crippen molar-refractivity contribution in [3.8, 4) is 0 Å². The van der Waals surface area contributed by atoms with Crippen molar-refractivity contribution in [3.05, 3.63) is 23.8 Å². The average Bonchev–Trinajstić information content (AvgIpc) is 2.46. The summed E-state index contributed by atoms with van der Waals surface area (Å²) in [5.74, 6) is -0.0943. The van der Waals surface area contributed by atoms with E-state index in [0.717, 1.165) is 5.56 Å². The Morgan fingerprint density at radius 3 is 2.38 bits per heavy atom. The van der Waals surface area contributed by atoms with Crippen LogP contribution in [-0.2, 0) is 14.3 Å². The molecule has 1 aromatic carbocycles. The van der Waals surface area contributed by atoms with Gasteiger partial charge < -0.3 is 20.5 Å². The lowest BCUT2D eigenvalue weighted by molar-refractivity contribution is -0.117. The van der Waals surface area contributed by atoms with Gasteiger partial charge in [-0.05, 0) is 18.6 Å². The van der Waals surface area contributed by atoms with E-state index in [1.54, 1.807) is 20.3 Å². The summed E-state index contributed by atoms with van der Waals surface area (Å²) in [6.45, 7) is 4.69. The first-order valence-electron chi connectivity index (χ1n) is 6.93. The second-order valence-corrected chi connectivity index (χ2v) is 4.85. The summed E-state index contributed by atoms with van der Waals surface area (Å²) in [5.41, 5.74) is 8.09. The normalized spacial score (nSPS) is 10.9. The molecule has 1 amide bonds. The highest BCUT2D eigenvalue weighted by Gasteiger charge is 2.12. The van der Waals surface area contributed by atoms with Crippen LogP contribution >= 0.6 is 0 Å². The summed E-state index contributed by atoms with van der Waals surface area (Å²) in [6.07, 6.45) is 0. The molecular formula is C15H25N3O3. The van der Waals surface area contributed by atoms with Gasteiger partial charge in [-0.2, -0.15) is 0 Å². The number of carbonyl (C=O) groups excluding carboxylic acids is 1. The number of hydrogen-bond acceptors (Lipinski definition) is 5. The first-order chi connectivity index (χ1) is 10.1. The van der Waals surface area contributed by atoms with Crippen LogP contribution in [0.2, 0.25) is 0 Å². The van der Waals surface area contributed by atoms with Gasteiger partial charge in [0.2, 0.25) is 5.91 Å². The molecule has 1 rings (SSSR count). The zero-order valence-electron chi connectivity index (χ0n) is 13.0. The number of nitrogen functional groups attached to an aromatic ring is 1. The fourth-order valence-corrected chi connectivity index (χ4v) is 1.95. The lowest BCUT2D eigenvalue weighted by Gasteiger charge is -2.21. The Kier molecular flexibility index (Phi) is 7.74. The van der Waals surface area contributed by atoms with E-state index in [1.165, 1.54) is 0 Å². The standard InChI is InChI=1S/C15H25N3O3/c1-12-5-4-6-13(16)15(12)17-14(19)11-18(7-9-20-2)8-10-21-3/h4-6H,7-11,16H2,1-3H3,(H,17,19). The maximum absolute atomic E-state index is 12.2. The minimum atomic E-state index is -0.0943. The molecule has 0 aromatic heterocycles. The monoisotopic (exact) mass is 295 g/mol. The number of nitrogens with two attached hydrogens (primary N) is 1. The molecule has 3 N–H and O–H groups in total. The predicted molar refractivity (Wildman–Crippen MR) is 84.4 cm³/mol. The molecule has 0 bridgehead atoms. The zero-order chi connectivity index (χ0) is 15.7. The van der Waals surface area contributed by atoms with E-state index < -0.39 is 0 Å². The van der Waals surface area contributed by atoms with E-state index >= 15 is 0 Å². The Balaban J connectivity index is 2.60. The molecule has 6 heteroatoms. The number of carbonyl (C=O) groups is 1. The quantitative estimate of drug-likeness (QED) is 0.667. The largest absolute Gasteiger partial charge is 0.397 e. The number of para-hydroxylation sites is 1. The Morgan fingerprint density at radius 2 is 1.86 bits per heavy atom. The topological polar surface area (TPSA) is 76.8 Å². The third-order valence-electron chi connectivity index (χ3n) is 3.16. The molecule has 0 aliphatic heterocycles. The van der Waals surface area contributed by atoms with Gasteiger partial charge in [-0.15, -0.1) is 0 Å². The van der Waals surface area contributed by atoms with Crippen molar-refractivity contribution in [1.82, 2.24) is 4.90 Å². The Labute approximate surface area is 126 Å². The number of nitrogens with one attached hydrogen (secondary N) is 1. The molecule has 0 aliphatic carbocycles. The van der Waals surface area contributed by atoms with E-state index in [0.29, 0.717) is 37.7 Å². The molecule has 21 heavy (non-hydrogen) atoms. The van der Waals surface area contributed by atoms with E-state index in [-0.39, 0.29) is 12.5 Å². The first-order valence-corrected chi connectivity index (χ1v) is 6.93. The van der Waals surface area contributed by atoms with Crippen LogP contribution < -0.4 is 11.1 Å². The fraction of sp³-hybridized carbons (Fsp3) is 0.533. The number of hydrogen-bond donors (Lipinski definition) is 2. The van der Waals surface area contributed by atoms with Crippen molar-refractivity contribution in [2.75, 3.05) is 58.1 Å². The van der Waals surface area contributed by atoms with Crippen LogP contribution in [0.5, 0.6) is 0 Å². The van der Waals surface area contributed by atoms with Crippen molar-refractivity contribution >= 4 is 17.3 Å². The van der Waals surface area contributed by atoms with E-state index in [9.17, 15) is 4.79 Å². The van der Waals surface area contributed by atoms with Crippen molar-refractivity contribution in [3.63, 3.8) is 0 Å². The minimum Gasteiger partial charge on any atom is -0.397 e. The minimum absolute atomic E-state index is 0.0943. The number of ether oxygens (including phenoxy) is 2. The van der Waals surface area contributed by atoms with E-state index in [2.05, 4.69) is 5.32 Å². The third kappa shape index (κ3) is 6.12. The summed E-state index contributed by atoms with van der Waals surface area (Å²) in [6, 6.07) is 5.56. The van der Waals surface area contributed by atoms with Gasteiger partial charge in [0.15, 0.2) is 0 Å². The Morgan fingerprint density at radius 1 is 1.24 bits per heavy atom. The van der Waals surface area contributed by atoms with E-state index in [4.69, 9.17) is 15.2 Å². The van der Waals surface area contributed by atoms with Crippen molar-refractivity contribution in [1.29, 1.82) is 0 Å². The van der Waals surface area contributed by atoms with Crippen LogP contribution in [0, 0.1) is 6.92 Å². The second kappa shape index (κ2) is 9.33. The number of benzene rings is 1. The highest BCUT2D eigenvalue weighted by molar-refractivity contribution is 5.96. The van der Waals surface area contributed by atoms with Crippen LogP contribution in [0.25, 0.3) is 0 Å². The number of amides is 1. The number of anilines is 2. The van der Waals surface area contributed by atoms with Gasteiger partial charge in [0.1, 0.15) is 0 Å². The maximum Gasteiger partial charge on any atom is 0.238 e. The first kappa shape index (κ1) is 17.4. The van der Waals surface area contributed by atoms with Crippen LogP contribution in [0.4, 0.5) is 11.4 Å². The third-order valence-corrected chi connectivity index (χ3v) is 3.16. The van der Waals surface area contributed by atoms with E-state index in [1.807, 2.05) is 24.0 Å². The molecule has 1 aromatic rings. The van der Waals surface area contributed by atoms with Gasteiger partial charge in [-0.3, -0.25) is 9.69 Å². The predicted octanol–water partition coefficient (Wildman–Crippen LogP) is 1.11. The van der Waals surface area contributed by atoms with Gasteiger partial charge >= 0.3 is 0 Å². The maximum atomic E-state index is 12.2. The van der Waals surface area contributed by atoms with Crippen molar-refractivity contribution < 1.29 is 14.3 Å². The molecule has 0 heterocycles.